The second-order valence-corrected chi connectivity index (χ2v) is 4.07. The van der Waals surface area contributed by atoms with E-state index in [-0.39, 0.29) is 0 Å². The highest BCUT2D eigenvalue weighted by Gasteiger charge is 2.00. The summed E-state index contributed by atoms with van der Waals surface area (Å²) in [4.78, 5) is 0. The van der Waals surface area contributed by atoms with Crippen molar-refractivity contribution in [1.29, 1.82) is 0 Å². The number of benzene rings is 1. The van der Waals surface area contributed by atoms with Crippen molar-refractivity contribution in [3.8, 4) is 17.0 Å². The van der Waals surface area contributed by atoms with Gasteiger partial charge in [0.1, 0.15) is 11.6 Å². The summed E-state index contributed by atoms with van der Waals surface area (Å²) in [5.74, 6) is 1.31. The third kappa shape index (κ3) is 3.20. The largest absolute Gasteiger partial charge is 0.494 e. The summed E-state index contributed by atoms with van der Waals surface area (Å²) < 4.78 is 5.60. The van der Waals surface area contributed by atoms with Crippen LogP contribution in [0, 0.1) is 0 Å². The zero-order valence-electron chi connectivity index (χ0n) is 10.5. The van der Waals surface area contributed by atoms with E-state index in [1.165, 1.54) is 0 Å². The number of nitrogens with zero attached hydrogens (tertiary/aromatic N) is 2. The van der Waals surface area contributed by atoms with Crippen LogP contribution in [0.15, 0.2) is 36.4 Å². The molecule has 0 aliphatic rings. The van der Waals surface area contributed by atoms with Gasteiger partial charge in [-0.1, -0.05) is 13.3 Å². The fraction of sp³-hybridized carbons (Fsp3) is 0.286. The Morgan fingerprint density at radius 1 is 1.06 bits per heavy atom. The first-order chi connectivity index (χ1) is 8.79. The molecular formula is C14H17N3O. The maximum absolute atomic E-state index is 5.60. The topological polar surface area (TPSA) is 61.0 Å². The monoisotopic (exact) mass is 243 g/mol. The SMILES string of the molecule is CCCCOc1ccc(-c2ccc(N)nn2)cc1. The van der Waals surface area contributed by atoms with E-state index in [0.29, 0.717) is 5.82 Å². The van der Waals surface area contributed by atoms with E-state index in [1.54, 1.807) is 6.07 Å². The van der Waals surface area contributed by atoms with Gasteiger partial charge < -0.3 is 10.5 Å². The molecule has 0 fully saturated rings. The minimum atomic E-state index is 0.429. The molecule has 94 valence electrons. The van der Waals surface area contributed by atoms with E-state index in [4.69, 9.17) is 10.5 Å². The molecule has 0 aliphatic carbocycles. The normalized spacial score (nSPS) is 10.3. The van der Waals surface area contributed by atoms with Gasteiger partial charge in [0, 0.05) is 5.56 Å². The van der Waals surface area contributed by atoms with E-state index < -0.39 is 0 Å². The van der Waals surface area contributed by atoms with E-state index in [1.807, 2.05) is 30.3 Å². The smallest absolute Gasteiger partial charge is 0.146 e. The second kappa shape index (κ2) is 6.00. The molecule has 1 aromatic carbocycles. The second-order valence-electron chi connectivity index (χ2n) is 4.07. The lowest BCUT2D eigenvalue weighted by Crippen LogP contribution is -1.96. The number of aromatic nitrogens is 2. The van der Waals surface area contributed by atoms with E-state index in [0.717, 1.165) is 36.5 Å². The van der Waals surface area contributed by atoms with Gasteiger partial charge in [-0.15, -0.1) is 10.2 Å². The van der Waals surface area contributed by atoms with Crippen LogP contribution >= 0.6 is 0 Å². The zero-order valence-corrected chi connectivity index (χ0v) is 10.5. The van der Waals surface area contributed by atoms with Gasteiger partial charge in [0.05, 0.1) is 12.3 Å². The van der Waals surface area contributed by atoms with Crippen molar-refractivity contribution in [3.63, 3.8) is 0 Å². The van der Waals surface area contributed by atoms with Crippen LogP contribution in [0.1, 0.15) is 19.8 Å². The van der Waals surface area contributed by atoms with Gasteiger partial charge >= 0.3 is 0 Å². The molecule has 1 heterocycles. The Hall–Kier alpha value is -2.10. The summed E-state index contributed by atoms with van der Waals surface area (Å²) in [5.41, 5.74) is 7.32. The third-order valence-corrected chi connectivity index (χ3v) is 2.60. The van der Waals surface area contributed by atoms with Crippen LogP contribution in [0.5, 0.6) is 5.75 Å². The molecule has 0 spiro atoms. The predicted molar refractivity (Wildman–Crippen MR) is 72.3 cm³/mol. The van der Waals surface area contributed by atoms with Gasteiger partial charge in [0.25, 0.3) is 0 Å². The van der Waals surface area contributed by atoms with Gasteiger partial charge in [0.2, 0.25) is 0 Å². The molecule has 2 rings (SSSR count). The lowest BCUT2D eigenvalue weighted by atomic mass is 10.1. The lowest BCUT2D eigenvalue weighted by molar-refractivity contribution is 0.309. The van der Waals surface area contributed by atoms with Crippen molar-refractivity contribution in [2.24, 2.45) is 0 Å². The van der Waals surface area contributed by atoms with Crippen LogP contribution < -0.4 is 10.5 Å². The van der Waals surface area contributed by atoms with Crippen LogP contribution in [0.4, 0.5) is 5.82 Å². The highest BCUT2D eigenvalue weighted by molar-refractivity contribution is 5.60. The maximum Gasteiger partial charge on any atom is 0.146 e. The Morgan fingerprint density at radius 3 is 2.44 bits per heavy atom. The lowest BCUT2D eigenvalue weighted by Gasteiger charge is -2.06. The van der Waals surface area contributed by atoms with Crippen molar-refractivity contribution < 1.29 is 4.74 Å². The highest BCUT2D eigenvalue weighted by Crippen LogP contribution is 2.20. The molecule has 4 nitrogen and oxygen atoms in total. The Labute approximate surface area is 107 Å². The van der Waals surface area contributed by atoms with Crippen LogP contribution in [-0.2, 0) is 0 Å². The van der Waals surface area contributed by atoms with Crippen LogP contribution in [-0.4, -0.2) is 16.8 Å². The Bertz CT molecular complexity index is 479. The van der Waals surface area contributed by atoms with Crippen molar-refractivity contribution in [2.75, 3.05) is 12.3 Å². The number of nitrogen functional groups attached to an aromatic ring is 1. The molecule has 0 unspecified atom stereocenters. The number of hydrogen-bond acceptors (Lipinski definition) is 4. The molecule has 0 saturated carbocycles. The molecule has 0 atom stereocenters. The molecule has 0 bridgehead atoms. The van der Waals surface area contributed by atoms with Gasteiger partial charge in [-0.05, 0) is 42.8 Å². The summed E-state index contributed by atoms with van der Waals surface area (Å²) in [6, 6.07) is 11.4. The number of unbranched alkanes of at least 4 members (excludes halogenated alkanes) is 1. The van der Waals surface area contributed by atoms with Crippen molar-refractivity contribution in [1.82, 2.24) is 10.2 Å². The maximum atomic E-state index is 5.60. The standard InChI is InChI=1S/C14H17N3O/c1-2-3-10-18-12-6-4-11(5-7-12)13-8-9-14(15)17-16-13/h4-9H,2-3,10H2,1H3,(H2,15,17). The highest BCUT2D eigenvalue weighted by atomic mass is 16.5. The molecule has 2 N–H and O–H groups in total. The predicted octanol–water partition coefficient (Wildman–Crippen LogP) is 2.90. The summed E-state index contributed by atoms with van der Waals surface area (Å²) in [7, 11) is 0. The Morgan fingerprint density at radius 2 is 1.83 bits per heavy atom. The molecule has 1 aromatic heterocycles. The number of ether oxygens (including phenoxy) is 1. The quantitative estimate of drug-likeness (QED) is 0.820. The molecule has 0 aliphatic heterocycles. The first-order valence-electron chi connectivity index (χ1n) is 6.12. The minimum Gasteiger partial charge on any atom is -0.494 e. The van der Waals surface area contributed by atoms with Gasteiger partial charge in [-0.25, -0.2) is 0 Å². The molecule has 4 heteroatoms. The van der Waals surface area contributed by atoms with E-state index >= 15 is 0 Å². The molecular weight excluding hydrogens is 226 g/mol. The summed E-state index contributed by atoms with van der Waals surface area (Å²) in [5, 5.41) is 7.87. The first kappa shape index (κ1) is 12.4. The molecule has 0 saturated heterocycles. The van der Waals surface area contributed by atoms with Crippen molar-refractivity contribution >= 4 is 5.82 Å². The summed E-state index contributed by atoms with van der Waals surface area (Å²) >= 11 is 0. The van der Waals surface area contributed by atoms with Crippen molar-refractivity contribution in [3.05, 3.63) is 36.4 Å². The average molecular weight is 243 g/mol. The van der Waals surface area contributed by atoms with Crippen molar-refractivity contribution in [2.45, 2.75) is 19.8 Å². The summed E-state index contributed by atoms with van der Waals surface area (Å²) in [6.45, 7) is 2.91. The molecule has 0 radical (unpaired) electrons. The van der Waals surface area contributed by atoms with Crippen LogP contribution in [0.2, 0.25) is 0 Å². The van der Waals surface area contributed by atoms with Crippen LogP contribution in [0.3, 0.4) is 0 Å². The van der Waals surface area contributed by atoms with Crippen LogP contribution in [0.25, 0.3) is 11.3 Å². The fourth-order valence-electron chi connectivity index (χ4n) is 1.55. The molecule has 0 amide bonds. The number of nitrogens with two attached hydrogens (primary N) is 1. The Kier molecular flexibility index (Phi) is 4.12. The fourth-order valence-corrected chi connectivity index (χ4v) is 1.55. The summed E-state index contributed by atoms with van der Waals surface area (Å²) in [6.07, 6.45) is 2.21. The number of anilines is 1. The molecule has 18 heavy (non-hydrogen) atoms. The molecule has 2 aromatic rings. The number of hydrogen-bond donors (Lipinski definition) is 1. The average Bonchev–Trinajstić information content (AvgIpc) is 2.41. The third-order valence-electron chi connectivity index (χ3n) is 2.60. The van der Waals surface area contributed by atoms with Gasteiger partial charge in [-0.3, -0.25) is 0 Å². The Balaban J connectivity index is 2.05. The zero-order chi connectivity index (χ0) is 12.8. The van der Waals surface area contributed by atoms with E-state index in [9.17, 15) is 0 Å². The number of rotatable bonds is 5. The van der Waals surface area contributed by atoms with Gasteiger partial charge in [0.15, 0.2) is 0 Å². The van der Waals surface area contributed by atoms with Gasteiger partial charge in [-0.2, -0.15) is 0 Å². The minimum absolute atomic E-state index is 0.429. The van der Waals surface area contributed by atoms with E-state index in [2.05, 4.69) is 17.1 Å². The first-order valence-corrected chi connectivity index (χ1v) is 6.12.